The van der Waals surface area contributed by atoms with Crippen LogP contribution in [0, 0.1) is 5.41 Å². The molecule has 1 rings (SSSR count). The van der Waals surface area contributed by atoms with E-state index in [-0.39, 0.29) is 17.5 Å². The topological polar surface area (TPSA) is 41.1 Å². The Balaban J connectivity index is 2.45. The van der Waals surface area contributed by atoms with E-state index in [0.717, 1.165) is 6.42 Å². The highest BCUT2D eigenvalue weighted by molar-refractivity contribution is 5.74. The van der Waals surface area contributed by atoms with E-state index in [1.165, 1.54) is 19.3 Å². The van der Waals surface area contributed by atoms with Crippen LogP contribution in [0.3, 0.4) is 0 Å². The summed E-state index contributed by atoms with van der Waals surface area (Å²) < 4.78 is 0. The average molecular weight is 212 g/mol. The second-order valence-corrected chi connectivity index (χ2v) is 5.56. The van der Waals surface area contributed by atoms with E-state index in [2.05, 4.69) is 24.5 Å². The first-order chi connectivity index (χ1) is 6.92. The molecule has 0 heterocycles. The third kappa shape index (κ3) is 3.73. The summed E-state index contributed by atoms with van der Waals surface area (Å²) in [5, 5.41) is 5.97. The van der Waals surface area contributed by atoms with Gasteiger partial charge in [0.05, 0.1) is 0 Å². The van der Waals surface area contributed by atoms with Gasteiger partial charge in [0.2, 0.25) is 0 Å². The Morgan fingerprint density at radius 1 is 1.33 bits per heavy atom. The molecule has 0 spiro atoms. The molecule has 1 saturated carbocycles. The first-order valence-electron chi connectivity index (χ1n) is 5.99. The minimum atomic E-state index is -0.0232. The van der Waals surface area contributed by atoms with Crippen LogP contribution in [-0.2, 0) is 0 Å². The van der Waals surface area contributed by atoms with Crippen molar-refractivity contribution in [1.29, 1.82) is 0 Å². The molecular formula is C12H24N2O. The highest BCUT2D eigenvalue weighted by atomic mass is 16.2. The number of urea groups is 1. The van der Waals surface area contributed by atoms with Crippen LogP contribution in [-0.4, -0.2) is 18.1 Å². The summed E-state index contributed by atoms with van der Waals surface area (Å²) in [7, 11) is 0. The maximum Gasteiger partial charge on any atom is 0.315 e. The molecule has 1 fully saturated rings. The molecule has 1 aliphatic rings. The maximum absolute atomic E-state index is 11.6. The standard InChI is InChI=1S/C12H24N2O/c1-9(2)13-11(15)14-10-7-5-6-8-12(10,3)4/h9-10H,5-8H2,1-4H3,(H2,13,14,15). The Morgan fingerprint density at radius 2 is 2.00 bits per heavy atom. The molecule has 1 aliphatic carbocycles. The molecule has 0 aromatic heterocycles. The summed E-state index contributed by atoms with van der Waals surface area (Å²) in [4.78, 5) is 11.6. The van der Waals surface area contributed by atoms with Crippen molar-refractivity contribution in [3.05, 3.63) is 0 Å². The van der Waals surface area contributed by atoms with Gasteiger partial charge in [-0.15, -0.1) is 0 Å². The number of amides is 2. The summed E-state index contributed by atoms with van der Waals surface area (Å²) in [6, 6.07) is 0.506. The molecule has 3 heteroatoms. The molecule has 0 aromatic carbocycles. The molecule has 3 nitrogen and oxygen atoms in total. The van der Waals surface area contributed by atoms with E-state index in [9.17, 15) is 4.79 Å². The molecule has 88 valence electrons. The molecule has 1 unspecified atom stereocenters. The summed E-state index contributed by atoms with van der Waals surface area (Å²) in [6.45, 7) is 8.44. The quantitative estimate of drug-likeness (QED) is 0.726. The van der Waals surface area contributed by atoms with Gasteiger partial charge in [0.25, 0.3) is 0 Å². The Bertz CT molecular complexity index is 224. The minimum absolute atomic E-state index is 0.0232. The predicted octanol–water partition coefficient (Wildman–Crippen LogP) is 2.66. The fraction of sp³-hybridized carbons (Fsp3) is 0.917. The fourth-order valence-corrected chi connectivity index (χ4v) is 2.22. The lowest BCUT2D eigenvalue weighted by Gasteiger charge is -2.39. The largest absolute Gasteiger partial charge is 0.336 e. The summed E-state index contributed by atoms with van der Waals surface area (Å²) >= 11 is 0. The number of carbonyl (C=O) groups is 1. The van der Waals surface area contributed by atoms with Crippen LogP contribution in [0.1, 0.15) is 53.4 Å². The summed E-state index contributed by atoms with van der Waals surface area (Å²) in [6.07, 6.45) is 4.84. The SMILES string of the molecule is CC(C)NC(=O)NC1CCCCC1(C)C. The zero-order valence-electron chi connectivity index (χ0n) is 10.4. The van der Waals surface area contributed by atoms with Crippen LogP contribution in [0.4, 0.5) is 4.79 Å². The molecule has 15 heavy (non-hydrogen) atoms. The predicted molar refractivity (Wildman–Crippen MR) is 62.8 cm³/mol. The van der Waals surface area contributed by atoms with Crippen molar-refractivity contribution in [2.24, 2.45) is 5.41 Å². The van der Waals surface area contributed by atoms with Crippen molar-refractivity contribution in [2.45, 2.75) is 65.5 Å². The average Bonchev–Trinajstić information content (AvgIpc) is 2.07. The van der Waals surface area contributed by atoms with E-state index >= 15 is 0 Å². The van der Waals surface area contributed by atoms with Crippen LogP contribution < -0.4 is 10.6 Å². The molecule has 0 aliphatic heterocycles. The molecule has 1 atom stereocenters. The van der Waals surface area contributed by atoms with Crippen molar-refractivity contribution in [3.8, 4) is 0 Å². The van der Waals surface area contributed by atoms with E-state index in [0.29, 0.717) is 6.04 Å². The van der Waals surface area contributed by atoms with Gasteiger partial charge >= 0.3 is 6.03 Å². The number of rotatable bonds is 2. The van der Waals surface area contributed by atoms with E-state index in [4.69, 9.17) is 0 Å². The monoisotopic (exact) mass is 212 g/mol. The molecule has 0 saturated heterocycles. The van der Waals surface area contributed by atoms with Gasteiger partial charge in [-0.1, -0.05) is 26.7 Å². The number of nitrogens with one attached hydrogen (secondary N) is 2. The molecular weight excluding hydrogens is 188 g/mol. The molecule has 0 radical (unpaired) electrons. The first-order valence-corrected chi connectivity index (χ1v) is 5.99. The van der Waals surface area contributed by atoms with Crippen LogP contribution in [0.5, 0.6) is 0 Å². The highest BCUT2D eigenvalue weighted by Crippen LogP contribution is 2.35. The van der Waals surface area contributed by atoms with E-state index < -0.39 is 0 Å². The molecule has 0 bridgehead atoms. The van der Waals surface area contributed by atoms with Crippen molar-refractivity contribution < 1.29 is 4.79 Å². The summed E-state index contributed by atoms with van der Waals surface area (Å²) in [5.41, 5.74) is 0.243. The molecule has 0 aromatic rings. The van der Waals surface area contributed by atoms with E-state index in [1.54, 1.807) is 0 Å². The van der Waals surface area contributed by atoms with Gasteiger partial charge in [-0.05, 0) is 32.1 Å². The van der Waals surface area contributed by atoms with E-state index in [1.807, 2.05) is 13.8 Å². The maximum atomic E-state index is 11.6. The second kappa shape index (κ2) is 4.86. The van der Waals surface area contributed by atoms with Crippen molar-refractivity contribution >= 4 is 6.03 Å². The first kappa shape index (κ1) is 12.3. The molecule has 2 amide bonds. The van der Waals surface area contributed by atoms with Crippen LogP contribution in [0.25, 0.3) is 0 Å². The van der Waals surface area contributed by atoms with Gasteiger partial charge in [0.15, 0.2) is 0 Å². The number of hydrogen-bond acceptors (Lipinski definition) is 1. The van der Waals surface area contributed by atoms with Gasteiger partial charge in [-0.25, -0.2) is 4.79 Å². The Labute approximate surface area is 93.0 Å². The molecule has 2 N–H and O–H groups in total. The van der Waals surface area contributed by atoms with Crippen molar-refractivity contribution in [3.63, 3.8) is 0 Å². The Morgan fingerprint density at radius 3 is 2.53 bits per heavy atom. The zero-order chi connectivity index (χ0) is 11.5. The Hall–Kier alpha value is -0.730. The normalized spacial score (nSPS) is 25.0. The highest BCUT2D eigenvalue weighted by Gasteiger charge is 2.33. The smallest absolute Gasteiger partial charge is 0.315 e. The zero-order valence-corrected chi connectivity index (χ0v) is 10.4. The lowest BCUT2D eigenvalue weighted by molar-refractivity contribution is 0.165. The lowest BCUT2D eigenvalue weighted by Crippen LogP contribution is -2.51. The van der Waals surface area contributed by atoms with Crippen LogP contribution in [0.2, 0.25) is 0 Å². The second-order valence-electron chi connectivity index (χ2n) is 5.56. The van der Waals surface area contributed by atoms with Gasteiger partial charge < -0.3 is 10.6 Å². The number of carbonyl (C=O) groups excluding carboxylic acids is 1. The van der Waals surface area contributed by atoms with Gasteiger partial charge in [-0.2, -0.15) is 0 Å². The van der Waals surface area contributed by atoms with Crippen molar-refractivity contribution in [2.75, 3.05) is 0 Å². The minimum Gasteiger partial charge on any atom is -0.336 e. The van der Waals surface area contributed by atoms with Gasteiger partial charge in [-0.3, -0.25) is 0 Å². The third-order valence-electron chi connectivity index (χ3n) is 3.23. The van der Waals surface area contributed by atoms with Crippen molar-refractivity contribution in [1.82, 2.24) is 10.6 Å². The van der Waals surface area contributed by atoms with Gasteiger partial charge in [0.1, 0.15) is 0 Å². The van der Waals surface area contributed by atoms with Gasteiger partial charge in [0, 0.05) is 12.1 Å². The lowest BCUT2D eigenvalue weighted by atomic mass is 9.73. The third-order valence-corrected chi connectivity index (χ3v) is 3.23. The summed E-state index contributed by atoms with van der Waals surface area (Å²) in [5.74, 6) is 0. The number of hydrogen-bond donors (Lipinski definition) is 2. The fourth-order valence-electron chi connectivity index (χ4n) is 2.22. The van der Waals surface area contributed by atoms with Crippen LogP contribution in [0.15, 0.2) is 0 Å². The Kier molecular flexibility index (Phi) is 4.00. The van der Waals surface area contributed by atoms with Crippen LogP contribution >= 0.6 is 0 Å².